The highest BCUT2D eigenvalue weighted by Gasteiger charge is 2.45. The van der Waals surface area contributed by atoms with Crippen molar-refractivity contribution in [3.05, 3.63) is 53.1 Å². The van der Waals surface area contributed by atoms with Crippen LogP contribution >= 0.6 is 0 Å². The smallest absolute Gasteiger partial charge is 0.305 e. The van der Waals surface area contributed by atoms with Crippen LogP contribution in [-0.4, -0.2) is 35.7 Å². The first-order valence-electron chi connectivity index (χ1n) is 10.0. The van der Waals surface area contributed by atoms with E-state index in [9.17, 15) is 14.7 Å². The second kappa shape index (κ2) is 9.17. The van der Waals surface area contributed by atoms with Gasteiger partial charge in [-0.15, -0.1) is 0 Å². The zero-order chi connectivity index (χ0) is 21.8. The molecule has 0 heterocycles. The molecule has 3 atom stereocenters. The monoisotopic (exact) mass is 413 g/mol. The number of aromatic hydroxyl groups is 1. The summed E-state index contributed by atoms with van der Waals surface area (Å²) in [6.45, 7) is 2.38. The largest absolute Gasteiger partial charge is 0.508 e. The van der Waals surface area contributed by atoms with Gasteiger partial charge in [-0.25, -0.2) is 0 Å². The molecule has 2 aromatic rings. The molecule has 0 spiro atoms. The van der Waals surface area contributed by atoms with Gasteiger partial charge in [-0.3, -0.25) is 9.59 Å². The van der Waals surface area contributed by atoms with Gasteiger partial charge in [0.1, 0.15) is 5.75 Å². The molecule has 160 valence electrons. The highest BCUT2D eigenvalue weighted by atomic mass is 16.5. The van der Waals surface area contributed by atoms with E-state index in [4.69, 9.17) is 20.3 Å². The van der Waals surface area contributed by atoms with Crippen LogP contribution in [0.2, 0.25) is 0 Å². The van der Waals surface area contributed by atoms with Gasteiger partial charge in [0, 0.05) is 12.0 Å². The number of rotatable bonds is 10. The summed E-state index contributed by atoms with van der Waals surface area (Å²) in [6, 6.07) is 9.37. The summed E-state index contributed by atoms with van der Waals surface area (Å²) < 4.78 is 11.3. The number of hydrogen-bond donors (Lipinski definition) is 3. The number of carboxylic acids is 1. The molecule has 1 aliphatic rings. The molecule has 30 heavy (non-hydrogen) atoms. The van der Waals surface area contributed by atoms with Gasteiger partial charge >= 0.3 is 5.97 Å². The predicted molar refractivity (Wildman–Crippen MR) is 111 cm³/mol. The first kappa shape index (κ1) is 21.6. The van der Waals surface area contributed by atoms with Crippen LogP contribution in [-0.2, 0) is 4.79 Å². The van der Waals surface area contributed by atoms with Crippen molar-refractivity contribution in [1.82, 2.24) is 0 Å². The van der Waals surface area contributed by atoms with Crippen molar-refractivity contribution in [2.24, 2.45) is 11.7 Å². The molecule has 2 aromatic carbocycles. The molecule has 3 rings (SSSR count). The maximum absolute atomic E-state index is 13.4. The number of carbonyl (C=O) groups excluding carboxylic acids is 1. The van der Waals surface area contributed by atoms with E-state index in [1.807, 2.05) is 19.1 Å². The van der Waals surface area contributed by atoms with Crippen molar-refractivity contribution >= 4 is 11.8 Å². The topological polar surface area (TPSA) is 119 Å². The van der Waals surface area contributed by atoms with E-state index in [0.717, 1.165) is 12.0 Å². The van der Waals surface area contributed by atoms with Crippen molar-refractivity contribution in [2.75, 3.05) is 13.7 Å². The molecule has 0 aliphatic heterocycles. The molecule has 4 N–H and O–H groups in total. The molecule has 0 radical (unpaired) electrons. The van der Waals surface area contributed by atoms with Crippen LogP contribution in [0.3, 0.4) is 0 Å². The number of carbonyl (C=O) groups is 2. The number of ether oxygens (including phenoxy) is 2. The number of aliphatic carboxylic acids is 1. The molecule has 0 saturated heterocycles. The lowest BCUT2D eigenvalue weighted by Gasteiger charge is -2.18. The molecule has 7 nitrogen and oxygen atoms in total. The third kappa shape index (κ3) is 4.74. The Morgan fingerprint density at radius 2 is 1.93 bits per heavy atom. The van der Waals surface area contributed by atoms with Crippen LogP contribution < -0.4 is 15.2 Å². The van der Waals surface area contributed by atoms with Gasteiger partial charge < -0.3 is 25.4 Å². The molecule has 7 heteroatoms. The number of Topliss-reactive ketones (excluding diaryl/α,β-unsaturated/α-hetero) is 1. The maximum Gasteiger partial charge on any atom is 0.305 e. The number of methoxy groups -OCH3 is 1. The third-order valence-corrected chi connectivity index (χ3v) is 5.28. The van der Waals surface area contributed by atoms with E-state index in [2.05, 4.69) is 0 Å². The molecule has 0 aromatic heterocycles. The number of hydrogen-bond acceptors (Lipinski definition) is 6. The fourth-order valence-electron chi connectivity index (χ4n) is 3.61. The van der Waals surface area contributed by atoms with Crippen LogP contribution in [0.15, 0.2) is 36.4 Å². The Labute approximate surface area is 175 Å². The Hall–Kier alpha value is -3.06. The van der Waals surface area contributed by atoms with E-state index in [-0.39, 0.29) is 29.8 Å². The van der Waals surface area contributed by atoms with Crippen molar-refractivity contribution in [3.8, 4) is 17.2 Å². The zero-order valence-electron chi connectivity index (χ0n) is 17.1. The van der Waals surface area contributed by atoms with E-state index >= 15 is 0 Å². The average Bonchev–Trinajstić information content (AvgIpc) is 3.52. The lowest BCUT2D eigenvalue weighted by molar-refractivity contribution is -0.137. The number of benzene rings is 2. The predicted octanol–water partition coefficient (Wildman–Crippen LogP) is 3.65. The summed E-state index contributed by atoms with van der Waals surface area (Å²) in [5.41, 5.74) is 7.93. The Kier molecular flexibility index (Phi) is 6.62. The second-order valence-electron chi connectivity index (χ2n) is 7.56. The van der Waals surface area contributed by atoms with Crippen LogP contribution in [0.25, 0.3) is 0 Å². The lowest BCUT2D eigenvalue weighted by atomic mass is 9.96. The van der Waals surface area contributed by atoms with Gasteiger partial charge in [0.15, 0.2) is 17.3 Å². The van der Waals surface area contributed by atoms with Gasteiger partial charge in [0.25, 0.3) is 0 Å². The molecular weight excluding hydrogens is 386 g/mol. The maximum atomic E-state index is 13.4. The van der Waals surface area contributed by atoms with Gasteiger partial charge in [-0.2, -0.15) is 0 Å². The normalized spacial score (nSPS) is 18.5. The van der Waals surface area contributed by atoms with Crippen molar-refractivity contribution in [3.63, 3.8) is 0 Å². The Morgan fingerprint density at radius 3 is 2.53 bits per heavy atom. The Bertz CT molecular complexity index is 924. The minimum Gasteiger partial charge on any atom is -0.508 e. The quantitative estimate of drug-likeness (QED) is 0.509. The van der Waals surface area contributed by atoms with Gasteiger partial charge in [0.05, 0.1) is 25.7 Å². The fraction of sp³-hybridized carbons (Fsp3) is 0.391. The van der Waals surface area contributed by atoms with Crippen molar-refractivity contribution in [1.29, 1.82) is 0 Å². The molecule has 1 saturated carbocycles. The molecule has 0 bridgehead atoms. The molecule has 0 amide bonds. The number of ketones is 1. The van der Waals surface area contributed by atoms with E-state index in [1.165, 1.54) is 7.11 Å². The van der Waals surface area contributed by atoms with Crippen LogP contribution in [0.1, 0.15) is 59.6 Å². The Morgan fingerprint density at radius 1 is 1.23 bits per heavy atom. The molecule has 1 aliphatic carbocycles. The Balaban J connectivity index is 1.94. The van der Waals surface area contributed by atoms with Crippen molar-refractivity contribution in [2.45, 2.75) is 38.1 Å². The summed E-state index contributed by atoms with van der Waals surface area (Å²) in [4.78, 5) is 24.5. The first-order valence-corrected chi connectivity index (χ1v) is 10.0. The molecule has 3 unspecified atom stereocenters. The highest BCUT2D eigenvalue weighted by Crippen LogP contribution is 2.51. The number of carboxylic acid groups (broad SMARTS) is 1. The lowest BCUT2D eigenvalue weighted by Crippen LogP contribution is -2.17. The molecule has 1 fully saturated rings. The molecular formula is C23H27NO6. The summed E-state index contributed by atoms with van der Waals surface area (Å²) in [5.74, 6) is -0.327. The van der Waals surface area contributed by atoms with E-state index in [0.29, 0.717) is 35.7 Å². The number of nitrogens with two attached hydrogens (primary N) is 1. The van der Waals surface area contributed by atoms with E-state index < -0.39 is 12.0 Å². The van der Waals surface area contributed by atoms with E-state index in [1.54, 1.807) is 24.3 Å². The minimum absolute atomic E-state index is 0.0690. The van der Waals surface area contributed by atoms with Gasteiger partial charge in [-0.05, 0) is 54.2 Å². The fourth-order valence-corrected chi connectivity index (χ4v) is 3.61. The summed E-state index contributed by atoms with van der Waals surface area (Å²) in [6.07, 6.45) is 1.20. The minimum atomic E-state index is -1.02. The summed E-state index contributed by atoms with van der Waals surface area (Å²) in [5, 5.41) is 18.6. The van der Waals surface area contributed by atoms with Crippen LogP contribution in [0.4, 0.5) is 0 Å². The average molecular weight is 413 g/mol. The van der Waals surface area contributed by atoms with Crippen LogP contribution in [0, 0.1) is 5.92 Å². The second-order valence-corrected chi connectivity index (χ2v) is 7.56. The first-order chi connectivity index (χ1) is 14.3. The SMILES string of the molecule is CCCOc1c(OC)cc(C(N)CC(=O)O)cc1C(=O)C1CC1c1ccc(O)cc1. The summed E-state index contributed by atoms with van der Waals surface area (Å²) >= 11 is 0. The summed E-state index contributed by atoms with van der Waals surface area (Å²) in [7, 11) is 1.48. The van der Waals surface area contributed by atoms with Crippen LogP contribution in [0.5, 0.6) is 17.2 Å². The zero-order valence-corrected chi connectivity index (χ0v) is 17.1. The number of phenols is 1. The number of phenolic OH excluding ortho intramolecular Hbond substituents is 1. The van der Waals surface area contributed by atoms with Gasteiger partial charge in [-0.1, -0.05) is 19.1 Å². The third-order valence-electron chi connectivity index (χ3n) is 5.28. The highest BCUT2D eigenvalue weighted by molar-refractivity contribution is 6.03. The van der Waals surface area contributed by atoms with Gasteiger partial charge in [0.2, 0.25) is 0 Å². The van der Waals surface area contributed by atoms with Crippen molar-refractivity contribution < 1.29 is 29.3 Å². The standard InChI is InChI=1S/C23H27NO6/c1-3-8-30-23-18(9-14(10-20(23)29-2)19(24)12-21(26)27)22(28)17-11-16(17)13-4-6-15(25)7-5-13/h4-7,9-10,16-17,19,25H,3,8,11-12,24H2,1-2H3,(H,26,27).